The van der Waals surface area contributed by atoms with E-state index in [4.69, 9.17) is 23.7 Å². The minimum Gasteiger partial charge on any atom is -0.496 e. The number of carbonyl (C=O) groups excluding carboxylic acids is 3. The van der Waals surface area contributed by atoms with Gasteiger partial charge in [0.05, 0.1) is 64.0 Å². The number of piperidine rings is 1. The van der Waals surface area contributed by atoms with Gasteiger partial charge in [0.2, 0.25) is 5.91 Å². The summed E-state index contributed by atoms with van der Waals surface area (Å²) in [5.41, 5.74) is 7.93. The molecule has 6 aliphatic heterocycles. The second-order valence-corrected chi connectivity index (χ2v) is 18.2. The number of carbonyl (C=O) groups is 3. The zero-order valence-corrected chi connectivity index (χ0v) is 35.4. The first-order valence-corrected chi connectivity index (χ1v) is 21.1. The predicted molar refractivity (Wildman–Crippen MR) is 218 cm³/mol. The van der Waals surface area contributed by atoms with Crippen molar-refractivity contribution in [3.8, 4) is 22.6 Å². The van der Waals surface area contributed by atoms with E-state index >= 15 is 0 Å². The van der Waals surface area contributed by atoms with Crippen LogP contribution in [0.5, 0.6) is 11.5 Å². The summed E-state index contributed by atoms with van der Waals surface area (Å²) in [4.78, 5) is 46.8. The van der Waals surface area contributed by atoms with E-state index in [9.17, 15) is 14.4 Å². The molecule has 8 aliphatic rings. The van der Waals surface area contributed by atoms with Crippen molar-refractivity contribution in [2.45, 2.75) is 89.1 Å². The van der Waals surface area contributed by atoms with Crippen LogP contribution in [0.25, 0.3) is 22.0 Å². The molecule has 12 heteroatoms. The lowest BCUT2D eigenvalue weighted by Gasteiger charge is -2.51. The second-order valence-electron chi connectivity index (χ2n) is 18.2. The van der Waals surface area contributed by atoms with Crippen LogP contribution < -0.4 is 14.8 Å². The lowest BCUT2D eigenvalue weighted by Crippen LogP contribution is -2.63. The average molecular weight is 793 g/mol. The number of rotatable bonds is 6. The molecule has 12 nitrogen and oxygen atoms in total. The van der Waals surface area contributed by atoms with Gasteiger partial charge in [-0.25, -0.2) is 0 Å². The molecule has 308 valence electrons. The molecule has 7 heterocycles. The van der Waals surface area contributed by atoms with Crippen molar-refractivity contribution in [2.24, 2.45) is 36.6 Å². The molecular weight excluding hydrogens is 737 g/mol. The minimum absolute atomic E-state index is 0.0234. The predicted octanol–water partition coefficient (Wildman–Crippen LogP) is 6.22. The smallest absolute Gasteiger partial charge is 0.313 e. The number of benzene rings is 2. The summed E-state index contributed by atoms with van der Waals surface area (Å²) in [6, 6.07) is 6.02. The Balaban J connectivity index is 1.21. The number of hydrogen-bond acceptors (Lipinski definition) is 10. The molecule has 58 heavy (non-hydrogen) atoms. The number of likely N-dealkylation sites (tertiary alicyclic amines) is 1. The van der Waals surface area contributed by atoms with Crippen LogP contribution in [0.2, 0.25) is 0 Å². The van der Waals surface area contributed by atoms with Crippen LogP contribution in [0.1, 0.15) is 81.3 Å². The molecule has 3 aromatic rings. The lowest BCUT2D eigenvalue weighted by molar-refractivity contribution is -0.154. The summed E-state index contributed by atoms with van der Waals surface area (Å²) >= 11 is 0. The Labute approximate surface area is 340 Å². The number of hydrogen-bond donors (Lipinski definition) is 1. The molecule has 8 bridgehead atoms. The van der Waals surface area contributed by atoms with E-state index in [-0.39, 0.29) is 65.7 Å². The zero-order valence-electron chi connectivity index (χ0n) is 35.4. The first kappa shape index (κ1) is 37.7. The topological polar surface area (TPSA) is 121 Å². The average Bonchev–Trinajstić information content (AvgIpc) is 3.82. The fourth-order valence-corrected chi connectivity index (χ4v) is 13.7. The van der Waals surface area contributed by atoms with Crippen LogP contribution in [0.15, 0.2) is 29.8 Å². The first-order valence-electron chi connectivity index (χ1n) is 21.1. The van der Waals surface area contributed by atoms with Crippen molar-refractivity contribution in [1.82, 2.24) is 14.4 Å². The molecular formula is C46H56N4O8. The van der Waals surface area contributed by atoms with Gasteiger partial charge in [-0.3, -0.25) is 19.3 Å². The van der Waals surface area contributed by atoms with E-state index in [1.807, 2.05) is 25.8 Å². The van der Waals surface area contributed by atoms with Gasteiger partial charge in [-0.1, -0.05) is 25.5 Å². The van der Waals surface area contributed by atoms with E-state index in [1.54, 1.807) is 14.2 Å². The van der Waals surface area contributed by atoms with Gasteiger partial charge in [0, 0.05) is 83.8 Å². The highest BCUT2D eigenvalue weighted by Crippen LogP contribution is 2.69. The van der Waals surface area contributed by atoms with Gasteiger partial charge in [0.1, 0.15) is 17.2 Å². The SMILES string of the molecule is C/C=C1\CN2CC[C@@]34c5cc(OC)c(-c6cc7c8c(n(C)c7cc6OC)[C@@H]6[C@H]7O[C@@H](C)[C@@H](CN6C(=O)C(C)C)[C@H]7[C@H]8C(=O)OC)c(C)c5N[C@@]23CC[C@@H]1[C@H]4C(=O)OC. The lowest BCUT2D eigenvalue weighted by atomic mass is 9.54. The number of allylic oxidation sites excluding steroid dienone is 1. The number of aryl methyl sites for hydroxylation is 1. The molecule has 2 aliphatic carbocycles. The van der Waals surface area contributed by atoms with Crippen molar-refractivity contribution in [2.75, 3.05) is 53.4 Å². The van der Waals surface area contributed by atoms with Crippen LogP contribution >= 0.6 is 0 Å². The standard InChI is InChI=1S/C46H56N4O8/c1-11-24-19-49-15-14-45-29-17-32(55-8)33(22(4)38(29)47-46(45,49)13-12-25(24)37(45)44(53)57-10)27-16-26-30(18-31(27)54-7)48(6)39-34(26)36(43(52)56-9)35-28-20-50(42(51)21(2)3)40(39)41(35)58-23(28)5/h11,16-18,21,23,25,28,35-37,40-41,47H,12-15,19-20H2,1-10H3/b24-11+/t23-,25-,28+,35-,36-,37-,40+,41-,45-,46-/m0/s1. The van der Waals surface area contributed by atoms with Gasteiger partial charge in [0.15, 0.2) is 0 Å². The van der Waals surface area contributed by atoms with E-state index < -0.39 is 17.0 Å². The molecule has 1 spiro atoms. The summed E-state index contributed by atoms with van der Waals surface area (Å²) in [6.07, 6.45) is 4.41. The molecule has 1 amide bonds. The molecule has 11 atom stereocenters. The number of aromatic nitrogens is 1. The number of fused-ring (bicyclic) bond motifs is 7. The van der Waals surface area contributed by atoms with Crippen LogP contribution in [0, 0.1) is 36.5 Å². The maximum Gasteiger partial charge on any atom is 0.313 e. The molecule has 2 aromatic carbocycles. The third kappa shape index (κ3) is 4.35. The van der Waals surface area contributed by atoms with Crippen molar-refractivity contribution in [1.29, 1.82) is 0 Å². The Hall–Kier alpha value is -4.55. The summed E-state index contributed by atoms with van der Waals surface area (Å²) in [5.74, 6) is -0.201. The molecule has 6 fully saturated rings. The van der Waals surface area contributed by atoms with Crippen molar-refractivity contribution in [3.05, 3.63) is 52.2 Å². The van der Waals surface area contributed by atoms with Crippen LogP contribution in [0.3, 0.4) is 0 Å². The quantitative estimate of drug-likeness (QED) is 0.228. The molecule has 5 saturated heterocycles. The summed E-state index contributed by atoms with van der Waals surface area (Å²) in [6.45, 7) is 12.4. The van der Waals surface area contributed by atoms with Gasteiger partial charge in [-0.05, 0) is 74.8 Å². The van der Waals surface area contributed by atoms with Gasteiger partial charge in [-0.2, -0.15) is 0 Å². The van der Waals surface area contributed by atoms with Gasteiger partial charge < -0.3 is 38.5 Å². The minimum atomic E-state index is -0.579. The van der Waals surface area contributed by atoms with Crippen molar-refractivity contribution < 1.29 is 38.1 Å². The van der Waals surface area contributed by atoms with Gasteiger partial charge in [0.25, 0.3) is 0 Å². The molecule has 1 N–H and O–H groups in total. The van der Waals surface area contributed by atoms with Crippen molar-refractivity contribution in [3.63, 3.8) is 0 Å². The fourth-order valence-electron chi connectivity index (χ4n) is 13.7. The summed E-state index contributed by atoms with van der Waals surface area (Å²) < 4.78 is 32.7. The Morgan fingerprint density at radius 1 is 1.02 bits per heavy atom. The maximum atomic E-state index is 14.1. The molecule has 1 saturated carbocycles. The normalized spacial score (nSPS) is 35.4. The Morgan fingerprint density at radius 2 is 1.76 bits per heavy atom. The third-order valence-electron chi connectivity index (χ3n) is 16.0. The second kappa shape index (κ2) is 12.7. The monoisotopic (exact) mass is 792 g/mol. The van der Waals surface area contributed by atoms with Crippen LogP contribution in [-0.2, 0) is 41.1 Å². The molecule has 0 radical (unpaired) electrons. The van der Waals surface area contributed by atoms with Crippen LogP contribution in [0.4, 0.5) is 5.69 Å². The molecule has 1 unspecified atom stereocenters. The maximum absolute atomic E-state index is 14.1. The highest BCUT2D eigenvalue weighted by molar-refractivity contribution is 6.00. The summed E-state index contributed by atoms with van der Waals surface area (Å²) in [7, 11) is 8.38. The number of anilines is 1. The van der Waals surface area contributed by atoms with E-state index in [1.165, 1.54) is 19.8 Å². The highest BCUT2D eigenvalue weighted by Gasteiger charge is 2.74. The molecule has 11 rings (SSSR count). The van der Waals surface area contributed by atoms with Gasteiger partial charge >= 0.3 is 11.9 Å². The third-order valence-corrected chi connectivity index (χ3v) is 16.0. The Bertz CT molecular complexity index is 2350. The Morgan fingerprint density at radius 3 is 2.43 bits per heavy atom. The van der Waals surface area contributed by atoms with Crippen molar-refractivity contribution >= 4 is 34.4 Å². The van der Waals surface area contributed by atoms with Crippen LogP contribution in [-0.4, -0.2) is 98.2 Å². The number of nitrogens with zero attached hydrogens (tertiary/aromatic N) is 3. The summed E-state index contributed by atoms with van der Waals surface area (Å²) in [5, 5.41) is 5.03. The fraction of sp³-hybridized carbons (Fsp3) is 0.587. The zero-order chi connectivity index (χ0) is 40.9. The van der Waals surface area contributed by atoms with E-state index in [0.717, 1.165) is 82.5 Å². The van der Waals surface area contributed by atoms with E-state index in [2.05, 4.69) is 59.8 Å². The van der Waals surface area contributed by atoms with Gasteiger partial charge in [-0.15, -0.1) is 0 Å². The van der Waals surface area contributed by atoms with E-state index in [0.29, 0.717) is 18.0 Å². The number of ether oxygens (including phenoxy) is 5. The number of nitrogens with one attached hydrogen (secondary N) is 1. The first-order chi connectivity index (χ1) is 27.8. The highest BCUT2D eigenvalue weighted by atomic mass is 16.5. The Kier molecular flexibility index (Phi) is 8.27. The number of methoxy groups -OCH3 is 4. The largest absolute Gasteiger partial charge is 0.496 e. The molecule has 1 aromatic heterocycles. The number of amides is 1. The number of esters is 2.